The number of aromatic nitrogens is 4. The normalized spacial score (nSPS) is 11.5. The van der Waals surface area contributed by atoms with E-state index in [0.717, 1.165) is 40.7 Å². The topological polar surface area (TPSA) is 55.1 Å². The summed E-state index contributed by atoms with van der Waals surface area (Å²) in [5, 5.41) is 3.20. The van der Waals surface area contributed by atoms with Crippen LogP contribution in [0.5, 0.6) is 0 Å². The number of benzene rings is 1. The minimum atomic E-state index is 0.268. The Hall–Kier alpha value is -3.05. The first-order valence-corrected chi connectivity index (χ1v) is 9.62. The van der Waals surface area contributed by atoms with Crippen LogP contribution in [0.3, 0.4) is 0 Å². The monoisotopic (exact) mass is 371 g/mol. The van der Waals surface area contributed by atoms with E-state index in [9.17, 15) is 0 Å². The van der Waals surface area contributed by atoms with Crippen LogP contribution in [0.25, 0.3) is 28.3 Å². The highest BCUT2D eigenvalue weighted by Crippen LogP contribution is 2.32. The van der Waals surface area contributed by atoms with Crippen molar-refractivity contribution in [2.45, 2.75) is 33.2 Å². The van der Waals surface area contributed by atoms with Crippen LogP contribution < -0.4 is 5.32 Å². The zero-order valence-electron chi connectivity index (χ0n) is 16.8. The van der Waals surface area contributed by atoms with Crippen LogP contribution >= 0.6 is 0 Å². The largest absolute Gasteiger partial charge is 0.316 e. The molecule has 0 amide bonds. The molecule has 1 N–H and O–H groups in total. The molecule has 4 aromatic rings. The summed E-state index contributed by atoms with van der Waals surface area (Å²) in [6.07, 6.45) is 3.92. The smallest absolute Gasteiger partial charge is 0.138 e. The van der Waals surface area contributed by atoms with Crippen LogP contribution in [0.4, 0.5) is 0 Å². The number of hydrogen-bond acceptors (Lipinski definition) is 4. The van der Waals surface area contributed by atoms with Gasteiger partial charge in [-0.3, -0.25) is 4.40 Å². The third-order valence-corrected chi connectivity index (χ3v) is 4.83. The second-order valence-electron chi connectivity index (χ2n) is 7.42. The van der Waals surface area contributed by atoms with Crippen LogP contribution in [-0.4, -0.2) is 26.4 Å². The highest BCUT2D eigenvalue weighted by Gasteiger charge is 2.18. The van der Waals surface area contributed by atoms with Crippen molar-refractivity contribution in [3.8, 4) is 22.6 Å². The Morgan fingerprint density at radius 2 is 1.82 bits per heavy atom. The Balaban J connectivity index is 1.97. The molecule has 0 saturated heterocycles. The van der Waals surface area contributed by atoms with Gasteiger partial charge in [0.05, 0.1) is 17.1 Å². The van der Waals surface area contributed by atoms with E-state index in [2.05, 4.69) is 78.1 Å². The fourth-order valence-electron chi connectivity index (χ4n) is 3.34. The summed E-state index contributed by atoms with van der Waals surface area (Å²) in [6, 6.07) is 14.7. The Bertz CT molecular complexity index is 1110. The second-order valence-corrected chi connectivity index (χ2v) is 7.42. The summed E-state index contributed by atoms with van der Waals surface area (Å²) in [5.74, 6) is 1.11. The first kappa shape index (κ1) is 18.3. The third-order valence-electron chi connectivity index (χ3n) is 4.83. The standard InChI is InChI=1S/C23H25N5/c1-15(2)23-25-11-9-19(26-23)22-21(18-7-5-16(3)6-8-18)27-20-13-17(14-24-4)10-12-28(20)22/h5-13,15,24H,14H2,1-4H3. The van der Waals surface area contributed by atoms with Crippen molar-refractivity contribution in [3.63, 3.8) is 0 Å². The lowest BCUT2D eigenvalue weighted by Crippen LogP contribution is -2.05. The molecule has 142 valence electrons. The number of aryl methyl sites for hydroxylation is 1. The zero-order valence-corrected chi connectivity index (χ0v) is 16.8. The molecule has 5 heteroatoms. The molecule has 3 aromatic heterocycles. The maximum Gasteiger partial charge on any atom is 0.138 e. The number of nitrogens with one attached hydrogen (secondary N) is 1. The van der Waals surface area contributed by atoms with Gasteiger partial charge in [-0.25, -0.2) is 15.0 Å². The van der Waals surface area contributed by atoms with E-state index in [0.29, 0.717) is 0 Å². The van der Waals surface area contributed by atoms with Crippen molar-refractivity contribution in [3.05, 3.63) is 71.8 Å². The quantitative estimate of drug-likeness (QED) is 0.557. The molecule has 0 radical (unpaired) electrons. The van der Waals surface area contributed by atoms with E-state index in [1.165, 1.54) is 11.1 Å². The lowest BCUT2D eigenvalue weighted by Gasteiger charge is -2.09. The molecule has 0 bridgehead atoms. The average molecular weight is 371 g/mol. The molecule has 1 aromatic carbocycles. The summed E-state index contributed by atoms with van der Waals surface area (Å²) >= 11 is 0. The van der Waals surface area contributed by atoms with Crippen LogP contribution in [0.2, 0.25) is 0 Å². The molecule has 0 unspecified atom stereocenters. The molecule has 3 heterocycles. The van der Waals surface area contributed by atoms with Gasteiger partial charge >= 0.3 is 0 Å². The van der Waals surface area contributed by atoms with Crippen molar-refractivity contribution >= 4 is 5.65 Å². The molecule has 0 spiro atoms. The van der Waals surface area contributed by atoms with Crippen molar-refractivity contribution in [2.24, 2.45) is 0 Å². The maximum absolute atomic E-state index is 4.98. The Labute approximate surface area is 165 Å². The van der Waals surface area contributed by atoms with E-state index in [1.807, 2.05) is 19.3 Å². The van der Waals surface area contributed by atoms with E-state index in [4.69, 9.17) is 9.97 Å². The summed E-state index contributed by atoms with van der Waals surface area (Å²) in [6.45, 7) is 7.12. The zero-order chi connectivity index (χ0) is 19.7. The van der Waals surface area contributed by atoms with Gasteiger partial charge in [0.1, 0.15) is 11.5 Å². The van der Waals surface area contributed by atoms with E-state index >= 15 is 0 Å². The van der Waals surface area contributed by atoms with E-state index < -0.39 is 0 Å². The van der Waals surface area contributed by atoms with Crippen molar-refractivity contribution < 1.29 is 0 Å². The predicted octanol–water partition coefficient (Wildman–Crippen LogP) is 4.61. The SMILES string of the molecule is CNCc1ccn2c(-c3ccnc(C(C)C)n3)c(-c3ccc(C)cc3)nc2c1. The molecular weight excluding hydrogens is 346 g/mol. The number of rotatable bonds is 5. The molecule has 0 aliphatic heterocycles. The molecule has 0 atom stereocenters. The van der Waals surface area contributed by atoms with Crippen LogP contribution in [0.15, 0.2) is 54.9 Å². The van der Waals surface area contributed by atoms with Crippen molar-refractivity contribution in [1.82, 2.24) is 24.7 Å². The summed E-state index contributed by atoms with van der Waals surface area (Å²) in [7, 11) is 1.95. The minimum absolute atomic E-state index is 0.268. The highest BCUT2D eigenvalue weighted by molar-refractivity contribution is 5.80. The number of imidazole rings is 1. The summed E-state index contributed by atoms with van der Waals surface area (Å²) in [4.78, 5) is 14.3. The van der Waals surface area contributed by atoms with Crippen LogP contribution in [-0.2, 0) is 6.54 Å². The van der Waals surface area contributed by atoms with E-state index in [-0.39, 0.29) is 5.92 Å². The van der Waals surface area contributed by atoms with Gasteiger partial charge < -0.3 is 5.32 Å². The second kappa shape index (κ2) is 7.52. The van der Waals surface area contributed by atoms with E-state index in [1.54, 1.807) is 0 Å². The lowest BCUT2D eigenvalue weighted by molar-refractivity contribution is 0.775. The van der Waals surface area contributed by atoms with Gasteiger partial charge in [-0.1, -0.05) is 43.7 Å². The third kappa shape index (κ3) is 3.41. The Morgan fingerprint density at radius 3 is 2.54 bits per heavy atom. The van der Waals surface area contributed by atoms with Gasteiger partial charge in [0.15, 0.2) is 0 Å². The minimum Gasteiger partial charge on any atom is -0.316 e. The summed E-state index contributed by atoms with van der Waals surface area (Å²) in [5.41, 5.74) is 7.27. The van der Waals surface area contributed by atoms with Gasteiger partial charge in [0.25, 0.3) is 0 Å². The molecule has 28 heavy (non-hydrogen) atoms. The fourth-order valence-corrected chi connectivity index (χ4v) is 3.34. The van der Waals surface area contributed by atoms with Gasteiger partial charge in [0.2, 0.25) is 0 Å². The average Bonchev–Trinajstić information content (AvgIpc) is 3.07. The first-order valence-electron chi connectivity index (χ1n) is 9.62. The molecular formula is C23H25N5. The van der Waals surface area contributed by atoms with Crippen molar-refractivity contribution in [1.29, 1.82) is 0 Å². The van der Waals surface area contributed by atoms with Gasteiger partial charge in [-0.15, -0.1) is 0 Å². The maximum atomic E-state index is 4.98. The molecule has 4 rings (SSSR count). The highest BCUT2D eigenvalue weighted by atomic mass is 15.0. The Morgan fingerprint density at radius 1 is 1.04 bits per heavy atom. The predicted molar refractivity (Wildman–Crippen MR) is 113 cm³/mol. The lowest BCUT2D eigenvalue weighted by atomic mass is 10.1. The molecule has 0 saturated carbocycles. The molecule has 5 nitrogen and oxygen atoms in total. The number of pyridine rings is 1. The fraction of sp³-hybridized carbons (Fsp3) is 0.261. The Kier molecular flexibility index (Phi) is 4.92. The molecule has 0 aliphatic rings. The van der Waals surface area contributed by atoms with Gasteiger partial charge in [-0.05, 0) is 37.7 Å². The molecule has 0 aliphatic carbocycles. The first-order chi connectivity index (χ1) is 13.6. The van der Waals surface area contributed by atoms with Crippen LogP contribution in [0.1, 0.15) is 36.7 Å². The van der Waals surface area contributed by atoms with Gasteiger partial charge in [0, 0.05) is 30.4 Å². The van der Waals surface area contributed by atoms with Crippen molar-refractivity contribution in [2.75, 3.05) is 7.05 Å². The van der Waals surface area contributed by atoms with Gasteiger partial charge in [-0.2, -0.15) is 0 Å². The number of hydrogen-bond donors (Lipinski definition) is 1. The number of fused-ring (bicyclic) bond motifs is 1. The summed E-state index contributed by atoms with van der Waals surface area (Å²) < 4.78 is 2.13. The number of nitrogens with zero attached hydrogens (tertiary/aromatic N) is 4. The molecule has 0 fully saturated rings. The van der Waals surface area contributed by atoms with Crippen LogP contribution in [0, 0.1) is 6.92 Å².